The normalized spacial score (nSPS) is 17.8. The molecule has 4 rings (SSSR count). The molecule has 172 valence electrons. The van der Waals surface area contributed by atoms with Crippen LogP contribution in [0.3, 0.4) is 0 Å². The first kappa shape index (κ1) is 23.2. The summed E-state index contributed by atoms with van der Waals surface area (Å²) in [5.41, 5.74) is 1.94. The second-order valence-electron chi connectivity index (χ2n) is 7.50. The van der Waals surface area contributed by atoms with Crippen LogP contribution >= 0.6 is 23.2 Å². The van der Waals surface area contributed by atoms with Crippen LogP contribution in [0.15, 0.2) is 53.9 Å². The van der Waals surface area contributed by atoms with Gasteiger partial charge in [-0.3, -0.25) is 9.80 Å². The summed E-state index contributed by atoms with van der Waals surface area (Å²) in [6.45, 7) is 2.77. The van der Waals surface area contributed by atoms with Crippen LogP contribution < -0.4 is 4.74 Å². The number of benzene rings is 2. The zero-order valence-corrected chi connectivity index (χ0v) is 19.6. The maximum atomic E-state index is 13.6. The van der Waals surface area contributed by atoms with Gasteiger partial charge in [0.25, 0.3) is 0 Å². The van der Waals surface area contributed by atoms with Gasteiger partial charge in [-0.05, 0) is 35.0 Å². The SMILES string of the molecule is CC1=NN(C)C(OCc2ccccc2)C1C(=O)c1ccc(Cl)c(OCCn2cnnn2)c1Cl. The van der Waals surface area contributed by atoms with Crippen molar-refractivity contribution in [3.05, 3.63) is 70.0 Å². The number of halogens is 2. The Morgan fingerprint density at radius 3 is 2.67 bits per heavy atom. The lowest BCUT2D eigenvalue weighted by Crippen LogP contribution is -2.38. The number of carbonyl (C=O) groups excluding carboxylic acids is 1. The average Bonchev–Trinajstić information content (AvgIpc) is 3.42. The Balaban J connectivity index is 1.51. The fraction of sp³-hybridized carbons (Fsp3) is 0.318. The smallest absolute Gasteiger partial charge is 0.177 e. The molecule has 0 amide bonds. The standard InChI is InChI=1S/C22H22Cl2N6O3/c1-14-18(22(29(2)26-14)33-12-15-6-4-3-5-7-15)20(31)16-8-9-17(23)21(19(16)24)32-11-10-30-13-25-27-28-30/h3-9,13,18,22H,10-12H2,1-2H3. The predicted molar refractivity (Wildman–Crippen MR) is 123 cm³/mol. The number of hydrazone groups is 1. The summed E-state index contributed by atoms with van der Waals surface area (Å²) in [4.78, 5) is 13.6. The van der Waals surface area contributed by atoms with E-state index in [1.807, 2.05) is 30.3 Å². The van der Waals surface area contributed by atoms with E-state index in [-0.39, 0.29) is 23.2 Å². The molecular weight excluding hydrogens is 467 g/mol. The molecule has 1 aliphatic rings. The lowest BCUT2D eigenvalue weighted by atomic mass is 9.92. The van der Waals surface area contributed by atoms with Crippen LogP contribution in [-0.4, -0.2) is 56.6 Å². The summed E-state index contributed by atoms with van der Waals surface area (Å²) in [5.74, 6) is -0.600. The highest BCUT2D eigenvalue weighted by molar-refractivity contribution is 6.39. The first-order valence-corrected chi connectivity index (χ1v) is 11.0. The molecule has 0 aliphatic carbocycles. The Labute approximate surface area is 200 Å². The zero-order chi connectivity index (χ0) is 23.4. The number of carbonyl (C=O) groups is 1. The molecule has 0 saturated heterocycles. The highest BCUT2D eigenvalue weighted by Crippen LogP contribution is 2.38. The average molecular weight is 489 g/mol. The van der Waals surface area contributed by atoms with Crippen LogP contribution in [0.25, 0.3) is 0 Å². The van der Waals surface area contributed by atoms with Crippen LogP contribution in [0.2, 0.25) is 10.0 Å². The van der Waals surface area contributed by atoms with Gasteiger partial charge in [0.1, 0.15) is 18.9 Å². The largest absolute Gasteiger partial charge is 0.488 e. The first-order valence-electron chi connectivity index (χ1n) is 10.2. The van der Waals surface area contributed by atoms with Gasteiger partial charge >= 0.3 is 0 Å². The van der Waals surface area contributed by atoms with Gasteiger partial charge < -0.3 is 9.47 Å². The lowest BCUT2D eigenvalue weighted by Gasteiger charge is -2.25. The first-order chi connectivity index (χ1) is 16.0. The maximum absolute atomic E-state index is 13.6. The summed E-state index contributed by atoms with van der Waals surface area (Å²) >= 11 is 12.9. The van der Waals surface area contributed by atoms with Gasteiger partial charge in [0.2, 0.25) is 0 Å². The van der Waals surface area contributed by atoms with Gasteiger partial charge in [-0.25, -0.2) is 4.68 Å². The van der Waals surface area contributed by atoms with Gasteiger partial charge in [-0.15, -0.1) is 5.10 Å². The van der Waals surface area contributed by atoms with E-state index >= 15 is 0 Å². The highest BCUT2D eigenvalue weighted by atomic mass is 35.5. The van der Waals surface area contributed by atoms with E-state index in [2.05, 4.69) is 20.6 Å². The van der Waals surface area contributed by atoms with E-state index in [9.17, 15) is 4.79 Å². The van der Waals surface area contributed by atoms with Crippen molar-refractivity contribution in [2.24, 2.45) is 11.0 Å². The number of aromatic nitrogens is 4. The van der Waals surface area contributed by atoms with Crippen molar-refractivity contribution in [3.63, 3.8) is 0 Å². The Morgan fingerprint density at radius 2 is 1.94 bits per heavy atom. The van der Waals surface area contributed by atoms with Crippen molar-refractivity contribution in [1.29, 1.82) is 0 Å². The summed E-state index contributed by atoms with van der Waals surface area (Å²) in [6, 6.07) is 12.9. The third-order valence-electron chi connectivity index (χ3n) is 5.24. The Bertz CT molecular complexity index is 1140. The Kier molecular flexibility index (Phi) is 7.22. The Morgan fingerprint density at radius 1 is 1.15 bits per heavy atom. The van der Waals surface area contributed by atoms with E-state index in [1.165, 1.54) is 11.0 Å². The summed E-state index contributed by atoms with van der Waals surface area (Å²) in [7, 11) is 1.78. The number of nitrogens with zero attached hydrogens (tertiary/aromatic N) is 6. The van der Waals surface area contributed by atoms with E-state index < -0.39 is 12.1 Å². The molecule has 2 atom stereocenters. The molecule has 0 bridgehead atoms. The van der Waals surface area contributed by atoms with Crippen molar-refractivity contribution in [2.45, 2.75) is 26.3 Å². The summed E-state index contributed by atoms with van der Waals surface area (Å²) in [6.07, 6.45) is 0.912. The molecule has 9 nitrogen and oxygen atoms in total. The molecule has 3 aromatic rings. The van der Waals surface area contributed by atoms with Crippen molar-refractivity contribution in [2.75, 3.05) is 13.7 Å². The summed E-state index contributed by atoms with van der Waals surface area (Å²) < 4.78 is 13.4. The minimum Gasteiger partial charge on any atom is -0.488 e. The topological polar surface area (TPSA) is 94.7 Å². The number of Topliss-reactive ketones (excluding diaryl/α,β-unsaturated/α-hetero) is 1. The van der Waals surface area contributed by atoms with Crippen molar-refractivity contribution in [3.8, 4) is 5.75 Å². The highest BCUT2D eigenvalue weighted by Gasteiger charge is 2.40. The van der Waals surface area contributed by atoms with Crippen LogP contribution in [0.4, 0.5) is 0 Å². The maximum Gasteiger partial charge on any atom is 0.177 e. The van der Waals surface area contributed by atoms with Crippen LogP contribution in [0.5, 0.6) is 5.75 Å². The van der Waals surface area contributed by atoms with Crippen molar-refractivity contribution in [1.82, 2.24) is 25.2 Å². The molecule has 2 heterocycles. The minimum atomic E-state index is -0.619. The molecule has 11 heteroatoms. The quantitative estimate of drug-likeness (QED) is 0.423. The minimum absolute atomic E-state index is 0.147. The van der Waals surface area contributed by atoms with Crippen LogP contribution in [0, 0.1) is 5.92 Å². The number of ketones is 1. The molecule has 0 fully saturated rings. The fourth-order valence-electron chi connectivity index (χ4n) is 3.62. The molecule has 2 unspecified atom stereocenters. The Hall–Kier alpha value is -3.01. The molecule has 0 spiro atoms. The van der Waals surface area contributed by atoms with E-state index in [0.29, 0.717) is 29.4 Å². The van der Waals surface area contributed by atoms with E-state index in [1.54, 1.807) is 31.1 Å². The predicted octanol–water partition coefficient (Wildman–Crippen LogP) is 3.72. The number of hydrogen-bond acceptors (Lipinski definition) is 8. The number of rotatable bonds is 9. The zero-order valence-electron chi connectivity index (χ0n) is 18.1. The third kappa shape index (κ3) is 5.16. The van der Waals surface area contributed by atoms with Gasteiger partial charge in [-0.1, -0.05) is 53.5 Å². The molecule has 2 aromatic carbocycles. The monoisotopic (exact) mass is 488 g/mol. The second-order valence-corrected chi connectivity index (χ2v) is 8.29. The number of hydrogen-bond donors (Lipinski definition) is 0. The molecule has 1 aliphatic heterocycles. The molecule has 0 N–H and O–H groups in total. The van der Waals surface area contributed by atoms with Crippen molar-refractivity contribution < 1.29 is 14.3 Å². The summed E-state index contributed by atoms with van der Waals surface area (Å²) in [5, 5.41) is 17.5. The molecular formula is C22H22Cl2N6O3. The second kappa shape index (κ2) is 10.3. The molecule has 33 heavy (non-hydrogen) atoms. The van der Waals surface area contributed by atoms with Crippen LogP contribution in [-0.2, 0) is 17.9 Å². The lowest BCUT2D eigenvalue weighted by molar-refractivity contribution is -0.0581. The molecule has 0 saturated carbocycles. The molecule has 0 radical (unpaired) electrons. The van der Waals surface area contributed by atoms with E-state index in [4.69, 9.17) is 32.7 Å². The fourth-order valence-corrected chi connectivity index (χ4v) is 4.19. The van der Waals surface area contributed by atoms with E-state index in [0.717, 1.165) is 5.56 Å². The number of ether oxygens (including phenoxy) is 2. The van der Waals surface area contributed by atoms with Crippen LogP contribution in [0.1, 0.15) is 22.8 Å². The number of tetrazole rings is 1. The van der Waals surface area contributed by atoms with Gasteiger partial charge in [0, 0.05) is 12.6 Å². The van der Waals surface area contributed by atoms with Crippen molar-refractivity contribution >= 4 is 34.7 Å². The molecule has 1 aromatic heterocycles. The third-order valence-corrected chi connectivity index (χ3v) is 5.91. The van der Waals surface area contributed by atoms with Gasteiger partial charge in [-0.2, -0.15) is 5.10 Å². The van der Waals surface area contributed by atoms with Gasteiger partial charge in [0.05, 0.1) is 28.9 Å². The van der Waals surface area contributed by atoms with Gasteiger partial charge in [0.15, 0.2) is 17.8 Å².